The van der Waals surface area contributed by atoms with Gasteiger partial charge in [0.05, 0.1) is 6.07 Å². The summed E-state index contributed by atoms with van der Waals surface area (Å²) in [6.45, 7) is 8.48. The maximum absolute atomic E-state index is 13.5. The Bertz CT molecular complexity index is 1040. The van der Waals surface area contributed by atoms with Crippen molar-refractivity contribution in [2.75, 3.05) is 6.54 Å². The summed E-state index contributed by atoms with van der Waals surface area (Å²) < 4.78 is 38.9. The highest BCUT2D eigenvalue weighted by molar-refractivity contribution is 5.99. The van der Waals surface area contributed by atoms with Gasteiger partial charge in [0.2, 0.25) is 23.6 Å². The number of likely N-dealkylation sites (tertiary alicyclic amines) is 1. The number of nitrogens with one attached hydrogen (secondary N) is 3. The number of fused-ring (bicyclic) bond motifs is 1. The topological polar surface area (TPSA) is 148 Å². The molecule has 0 spiro atoms. The van der Waals surface area contributed by atoms with Crippen LogP contribution in [0.3, 0.4) is 0 Å². The van der Waals surface area contributed by atoms with Crippen LogP contribution in [0.5, 0.6) is 0 Å². The fraction of sp³-hybridized carbons (Fsp3) is 0.750. The molecule has 3 aliphatic rings. The lowest BCUT2D eigenvalue weighted by molar-refractivity contribution is -0.176. The van der Waals surface area contributed by atoms with Gasteiger partial charge in [0.1, 0.15) is 18.1 Å². The number of imide groups is 1. The first-order valence-electron chi connectivity index (χ1n) is 12.1. The normalized spacial score (nSPS) is 28.4. The summed E-state index contributed by atoms with van der Waals surface area (Å²) in [6.07, 6.45) is -4.88. The van der Waals surface area contributed by atoms with Crippen LogP contribution in [-0.2, 0) is 24.0 Å². The monoisotopic (exact) mass is 527 g/mol. The van der Waals surface area contributed by atoms with Crippen LogP contribution in [0.15, 0.2) is 0 Å². The lowest BCUT2D eigenvalue weighted by atomic mass is 9.85. The van der Waals surface area contributed by atoms with Crippen LogP contribution >= 0.6 is 0 Å². The van der Waals surface area contributed by atoms with E-state index < -0.39 is 65.2 Å². The summed E-state index contributed by atoms with van der Waals surface area (Å²) in [6, 6.07) is -1.76. The third-order valence-electron chi connectivity index (χ3n) is 7.75. The van der Waals surface area contributed by atoms with Gasteiger partial charge in [-0.1, -0.05) is 34.6 Å². The molecule has 1 unspecified atom stereocenters. The molecule has 5 amide bonds. The van der Waals surface area contributed by atoms with E-state index in [-0.39, 0.29) is 43.1 Å². The van der Waals surface area contributed by atoms with Crippen LogP contribution in [0.25, 0.3) is 0 Å². The quantitative estimate of drug-likeness (QED) is 0.439. The Kier molecular flexibility index (Phi) is 7.38. The van der Waals surface area contributed by atoms with E-state index in [0.717, 1.165) is 0 Å². The van der Waals surface area contributed by atoms with E-state index in [2.05, 4.69) is 10.6 Å². The number of amides is 5. The van der Waals surface area contributed by atoms with Gasteiger partial charge in [-0.2, -0.15) is 18.4 Å². The minimum Gasteiger partial charge on any atom is -0.339 e. The first-order chi connectivity index (χ1) is 16.9. The summed E-state index contributed by atoms with van der Waals surface area (Å²) in [5.41, 5.74) is -1.40. The van der Waals surface area contributed by atoms with E-state index in [9.17, 15) is 42.4 Å². The molecule has 0 radical (unpaired) electrons. The summed E-state index contributed by atoms with van der Waals surface area (Å²) in [7, 11) is 0. The second-order valence-corrected chi connectivity index (χ2v) is 11.7. The first-order valence-corrected chi connectivity index (χ1v) is 12.1. The Morgan fingerprint density at radius 2 is 1.81 bits per heavy atom. The lowest BCUT2D eigenvalue weighted by Gasteiger charge is -2.38. The van der Waals surface area contributed by atoms with Crippen LogP contribution < -0.4 is 16.0 Å². The SMILES string of the molecule is CC(C)(C)[C@H](NC(=O)C(F)(F)F)C(=O)N1CC2[C@@H]([C@H]1C(=O)N[C@H](C#N)C[C@@H]1CCC(=O)NC1=O)C2(C)C. The van der Waals surface area contributed by atoms with E-state index in [1.807, 2.05) is 19.9 Å². The third kappa shape index (κ3) is 5.72. The second kappa shape index (κ2) is 9.61. The number of hydrogen-bond donors (Lipinski definition) is 3. The molecule has 3 fully saturated rings. The maximum Gasteiger partial charge on any atom is 0.471 e. The van der Waals surface area contributed by atoms with Gasteiger partial charge in [0.15, 0.2) is 0 Å². The number of piperidine rings is 2. The number of carbonyl (C=O) groups excluding carboxylic acids is 5. The predicted octanol–water partition coefficient (Wildman–Crippen LogP) is 1.01. The molecule has 37 heavy (non-hydrogen) atoms. The number of nitriles is 1. The Labute approximate surface area is 212 Å². The zero-order valence-corrected chi connectivity index (χ0v) is 21.4. The highest BCUT2D eigenvalue weighted by Crippen LogP contribution is 2.65. The van der Waals surface area contributed by atoms with E-state index >= 15 is 0 Å². The highest BCUT2D eigenvalue weighted by Gasteiger charge is 2.70. The highest BCUT2D eigenvalue weighted by atomic mass is 19.4. The molecular weight excluding hydrogens is 495 g/mol. The van der Waals surface area contributed by atoms with Crippen LogP contribution in [0, 0.1) is 39.9 Å². The second-order valence-electron chi connectivity index (χ2n) is 11.7. The van der Waals surface area contributed by atoms with Crippen LogP contribution in [0.2, 0.25) is 0 Å². The van der Waals surface area contributed by atoms with Crippen LogP contribution in [0.4, 0.5) is 13.2 Å². The van der Waals surface area contributed by atoms with E-state index in [4.69, 9.17) is 0 Å². The molecule has 2 aliphatic heterocycles. The van der Waals surface area contributed by atoms with E-state index in [1.54, 1.807) is 5.32 Å². The minimum absolute atomic E-state index is 0.0359. The number of halogens is 3. The Hall–Kier alpha value is -3.17. The molecule has 2 saturated heterocycles. The molecule has 3 rings (SSSR count). The molecule has 6 atom stereocenters. The van der Waals surface area contributed by atoms with Crippen molar-refractivity contribution in [1.82, 2.24) is 20.9 Å². The van der Waals surface area contributed by atoms with Crippen molar-refractivity contribution in [1.29, 1.82) is 5.26 Å². The molecule has 0 aromatic heterocycles. The number of hydrogen-bond acceptors (Lipinski definition) is 6. The van der Waals surface area contributed by atoms with Gasteiger partial charge in [-0.25, -0.2) is 0 Å². The van der Waals surface area contributed by atoms with E-state index in [0.29, 0.717) is 0 Å². The van der Waals surface area contributed by atoms with Crippen molar-refractivity contribution in [3.05, 3.63) is 0 Å². The molecule has 1 aliphatic carbocycles. The fourth-order valence-electron chi connectivity index (χ4n) is 5.49. The van der Waals surface area contributed by atoms with E-state index in [1.165, 1.54) is 25.7 Å². The van der Waals surface area contributed by atoms with Crippen molar-refractivity contribution in [3.63, 3.8) is 0 Å². The molecule has 1 saturated carbocycles. The zero-order chi connectivity index (χ0) is 28.1. The predicted molar refractivity (Wildman–Crippen MR) is 122 cm³/mol. The van der Waals surface area contributed by atoms with Gasteiger partial charge in [-0.3, -0.25) is 29.3 Å². The summed E-state index contributed by atoms with van der Waals surface area (Å²) in [4.78, 5) is 63.3. The smallest absolute Gasteiger partial charge is 0.339 e. The number of alkyl halides is 3. The number of carbonyl (C=O) groups is 5. The zero-order valence-electron chi connectivity index (χ0n) is 21.4. The standard InChI is InChI=1S/C24H32F3N5O5/c1-22(2,3)17(31-21(37)24(25,26)27)20(36)32-10-13-15(23(13,4)5)16(32)19(35)29-12(9-28)8-11-6-7-14(33)30-18(11)34/h11-13,15-17H,6-8,10H2,1-5H3,(H,29,35)(H,31,37)(H,30,33,34)/t11-,12-,13?,15-,16-,17+/m0/s1. The molecule has 10 nitrogen and oxygen atoms in total. The largest absolute Gasteiger partial charge is 0.471 e. The van der Waals surface area contributed by atoms with Gasteiger partial charge in [-0.15, -0.1) is 0 Å². The molecular formula is C24H32F3N5O5. The molecule has 13 heteroatoms. The summed E-state index contributed by atoms with van der Waals surface area (Å²) >= 11 is 0. The van der Waals surface area contributed by atoms with Crippen LogP contribution in [-0.4, -0.2) is 65.3 Å². The van der Waals surface area contributed by atoms with Gasteiger partial charge < -0.3 is 15.5 Å². The molecule has 0 bridgehead atoms. The average Bonchev–Trinajstić information content (AvgIpc) is 3.10. The van der Waals surface area contributed by atoms with Crippen LogP contribution in [0.1, 0.15) is 53.9 Å². The van der Waals surface area contributed by atoms with Crippen molar-refractivity contribution >= 4 is 29.5 Å². The number of nitrogens with zero attached hydrogens (tertiary/aromatic N) is 2. The van der Waals surface area contributed by atoms with Crippen molar-refractivity contribution in [2.45, 2.75) is 78.2 Å². The van der Waals surface area contributed by atoms with Crippen molar-refractivity contribution in [2.24, 2.45) is 28.6 Å². The molecule has 2 heterocycles. The van der Waals surface area contributed by atoms with Gasteiger partial charge in [-0.05, 0) is 35.5 Å². The summed E-state index contributed by atoms with van der Waals surface area (Å²) in [5.74, 6) is -5.68. The number of rotatable bonds is 6. The Balaban J connectivity index is 1.80. The summed E-state index contributed by atoms with van der Waals surface area (Å²) in [5, 5.41) is 16.2. The van der Waals surface area contributed by atoms with Crippen molar-refractivity contribution in [3.8, 4) is 6.07 Å². The molecule has 0 aromatic rings. The molecule has 3 N–H and O–H groups in total. The molecule has 0 aromatic carbocycles. The third-order valence-corrected chi connectivity index (χ3v) is 7.75. The first kappa shape index (κ1) is 28.4. The van der Waals surface area contributed by atoms with Gasteiger partial charge in [0.25, 0.3) is 0 Å². The fourth-order valence-corrected chi connectivity index (χ4v) is 5.49. The Morgan fingerprint density at radius 3 is 2.32 bits per heavy atom. The maximum atomic E-state index is 13.5. The minimum atomic E-state index is -5.19. The lowest BCUT2D eigenvalue weighted by Crippen LogP contribution is -2.61. The van der Waals surface area contributed by atoms with Crippen molar-refractivity contribution < 1.29 is 37.1 Å². The average molecular weight is 528 g/mol. The van der Waals surface area contributed by atoms with Gasteiger partial charge >= 0.3 is 12.1 Å². The molecule has 204 valence electrons. The Morgan fingerprint density at radius 1 is 1.19 bits per heavy atom. The van der Waals surface area contributed by atoms with Gasteiger partial charge in [0, 0.05) is 18.9 Å².